The van der Waals surface area contributed by atoms with Crippen molar-refractivity contribution in [3.63, 3.8) is 0 Å². The quantitative estimate of drug-likeness (QED) is 0.335. The molecule has 0 saturated carbocycles. The topological polar surface area (TPSA) is 83.0 Å². The van der Waals surface area contributed by atoms with Gasteiger partial charge in [0.05, 0.1) is 16.8 Å². The molecule has 0 aliphatic carbocycles. The molecule has 0 radical (unpaired) electrons. The van der Waals surface area contributed by atoms with Gasteiger partial charge in [-0.1, -0.05) is 42.5 Å². The second kappa shape index (κ2) is 9.11. The maximum absolute atomic E-state index is 13.3. The number of nitrogens with one attached hydrogen (secondary N) is 2. The highest BCUT2D eigenvalue weighted by atomic mass is 16.2. The molecule has 2 aromatic carbocycles. The molecule has 0 spiro atoms. The second-order valence-electron chi connectivity index (χ2n) is 10.1. The van der Waals surface area contributed by atoms with Gasteiger partial charge in [0.15, 0.2) is 0 Å². The van der Waals surface area contributed by atoms with Gasteiger partial charge in [0.2, 0.25) is 0 Å². The number of likely N-dealkylation sites (tertiary alicyclic amines) is 1. The van der Waals surface area contributed by atoms with E-state index in [1.54, 1.807) is 0 Å². The van der Waals surface area contributed by atoms with Crippen molar-refractivity contribution < 1.29 is 9.59 Å². The summed E-state index contributed by atoms with van der Waals surface area (Å²) in [5.74, 6) is -0.697. The van der Waals surface area contributed by atoms with E-state index in [4.69, 9.17) is 0 Å². The normalized spacial score (nSPS) is 17.2. The van der Waals surface area contributed by atoms with E-state index in [-0.39, 0.29) is 11.8 Å². The van der Waals surface area contributed by atoms with E-state index in [1.165, 1.54) is 0 Å². The molecule has 5 heterocycles. The van der Waals surface area contributed by atoms with Gasteiger partial charge >= 0.3 is 0 Å². The third-order valence-corrected chi connectivity index (χ3v) is 7.86. The van der Waals surface area contributed by atoms with Crippen molar-refractivity contribution in [2.45, 2.75) is 25.4 Å². The smallest absolute Gasteiger partial charge is 0.259 e. The summed E-state index contributed by atoms with van der Waals surface area (Å²) in [6, 6.07) is 22.4. The van der Waals surface area contributed by atoms with E-state index in [2.05, 4.69) is 43.1 Å². The van der Waals surface area contributed by atoms with E-state index in [0.717, 1.165) is 71.1 Å². The van der Waals surface area contributed by atoms with Gasteiger partial charge in [-0.05, 0) is 37.1 Å². The number of H-pyrrole nitrogens is 1. The molecule has 2 N–H and O–H groups in total. The van der Waals surface area contributed by atoms with Gasteiger partial charge < -0.3 is 9.55 Å². The van der Waals surface area contributed by atoms with Crippen LogP contribution in [0.4, 0.5) is 0 Å². The Kier molecular flexibility index (Phi) is 5.44. The SMILES string of the molecule is O=C1NC(=O)C(c2cn(C3CCN(Cc4ccccn4)CC3)c3ccccc23)=C1c1c[nH]c2ccccc12. The zero-order valence-electron chi connectivity index (χ0n) is 20.9. The van der Waals surface area contributed by atoms with Crippen molar-refractivity contribution in [3.8, 4) is 0 Å². The maximum Gasteiger partial charge on any atom is 0.259 e. The lowest BCUT2D eigenvalue weighted by molar-refractivity contribution is -0.122. The molecule has 0 unspecified atom stereocenters. The predicted octanol–water partition coefficient (Wildman–Crippen LogP) is 4.92. The molecule has 1 fully saturated rings. The maximum atomic E-state index is 13.3. The van der Waals surface area contributed by atoms with Gasteiger partial charge in [0, 0.05) is 77.2 Å². The minimum absolute atomic E-state index is 0.311. The number of hydrogen-bond acceptors (Lipinski definition) is 4. The summed E-state index contributed by atoms with van der Waals surface area (Å²) in [7, 11) is 0. The molecule has 2 amide bonds. The van der Waals surface area contributed by atoms with Gasteiger partial charge in [-0.25, -0.2) is 0 Å². The fourth-order valence-corrected chi connectivity index (χ4v) is 6.03. The fourth-order valence-electron chi connectivity index (χ4n) is 6.03. The Hall–Kier alpha value is -4.49. The summed E-state index contributed by atoms with van der Waals surface area (Å²) < 4.78 is 2.32. The van der Waals surface area contributed by atoms with E-state index in [0.29, 0.717) is 17.2 Å². The zero-order chi connectivity index (χ0) is 25.6. The molecular weight excluding hydrogens is 474 g/mol. The molecular formula is C31H27N5O2. The van der Waals surface area contributed by atoms with Crippen molar-refractivity contribution in [1.82, 2.24) is 24.8 Å². The third kappa shape index (κ3) is 3.74. The first-order chi connectivity index (χ1) is 18.7. The Morgan fingerprint density at radius 2 is 1.53 bits per heavy atom. The molecule has 0 bridgehead atoms. The number of benzene rings is 2. The van der Waals surface area contributed by atoms with Crippen LogP contribution in [-0.4, -0.2) is 44.3 Å². The molecule has 1 saturated heterocycles. The Morgan fingerprint density at radius 3 is 2.32 bits per heavy atom. The van der Waals surface area contributed by atoms with Crippen LogP contribution < -0.4 is 5.32 Å². The highest BCUT2D eigenvalue weighted by Crippen LogP contribution is 2.40. The Morgan fingerprint density at radius 1 is 0.816 bits per heavy atom. The first-order valence-electron chi connectivity index (χ1n) is 13.1. The number of para-hydroxylation sites is 2. The number of nitrogens with zero attached hydrogens (tertiary/aromatic N) is 3. The number of carbonyl (C=O) groups is 2. The molecule has 2 aliphatic heterocycles. The third-order valence-electron chi connectivity index (χ3n) is 7.86. The Balaban J connectivity index is 1.27. The molecule has 188 valence electrons. The van der Waals surface area contributed by atoms with Gasteiger partial charge in [-0.3, -0.25) is 24.8 Å². The van der Waals surface area contributed by atoms with Crippen LogP contribution in [0.15, 0.2) is 85.3 Å². The largest absolute Gasteiger partial charge is 0.361 e. The van der Waals surface area contributed by atoms with Crippen LogP contribution in [0.1, 0.15) is 35.7 Å². The summed E-state index contributed by atoms with van der Waals surface area (Å²) in [5.41, 5.74) is 5.54. The molecule has 0 atom stereocenters. The van der Waals surface area contributed by atoms with Gasteiger partial charge in [0.1, 0.15) is 0 Å². The monoisotopic (exact) mass is 501 g/mol. The number of amides is 2. The number of imide groups is 1. The minimum Gasteiger partial charge on any atom is -0.361 e. The van der Waals surface area contributed by atoms with E-state index in [1.807, 2.05) is 67.0 Å². The first kappa shape index (κ1) is 22.7. The lowest BCUT2D eigenvalue weighted by Gasteiger charge is -2.33. The summed E-state index contributed by atoms with van der Waals surface area (Å²) in [5, 5.41) is 4.47. The van der Waals surface area contributed by atoms with Gasteiger partial charge in [-0.15, -0.1) is 0 Å². The predicted molar refractivity (Wildman–Crippen MR) is 148 cm³/mol. The molecule has 5 aromatic rings. The van der Waals surface area contributed by atoms with Crippen LogP contribution in [0.5, 0.6) is 0 Å². The average molecular weight is 502 g/mol. The number of piperidine rings is 1. The number of aromatic nitrogens is 3. The molecule has 7 nitrogen and oxygen atoms in total. The van der Waals surface area contributed by atoms with Crippen molar-refractivity contribution in [2.24, 2.45) is 0 Å². The van der Waals surface area contributed by atoms with Gasteiger partial charge in [0.25, 0.3) is 11.8 Å². The molecule has 38 heavy (non-hydrogen) atoms. The molecule has 7 rings (SSSR count). The van der Waals surface area contributed by atoms with E-state index in [9.17, 15) is 9.59 Å². The minimum atomic E-state index is -0.352. The lowest BCUT2D eigenvalue weighted by atomic mass is 9.95. The number of carbonyl (C=O) groups excluding carboxylic acids is 2. The van der Waals surface area contributed by atoms with Crippen LogP contribution in [-0.2, 0) is 16.1 Å². The summed E-state index contributed by atoms with van der Waals surface area (Å²) in [6.45, 7) is 2.81. The Labute approximate surface area is 219 Å². The average Bonchev–Trinajstić information content (AvgIpc) is 3.62. The van der Waals surface area contributed by atoms with Gasteiger partial charge in [-0.2, -0.15) is 0 Å². The van der Waals surface area contributed by atoms with Crippen molar-refractivity contribution >= 4 is 44.8 Å². The zero-order valence-corrected chi connectivity index (χ0v) is 20.9. The van der Waals surface area contributed by atoms with Crippen LogP contribution in [0.25, 0.3) is 33.0 Å². The number of hydrogen-bond donors (Lipinski definition) is 2. The number of fused-ring (bicyclic) bond motifs is 2. The number of pyridine rings is 1. The Bertz CT molecular complexity index is 1720. The van der Waals surface area contributed by atoms with Crippen LogP contribution >= 0.6 is 0 Å². The number of aromatic amines is 1. The van der Waals surface area contributed by atoms with E-state index >= 15 is 0 Å². The molecule has 7 heteroatoms. The summed E-state index contributed by atoms with van der Waals surface area (Å²) >= 11 is 0. The lowest BCUT2D eigenvalue weighted by Crippen LogP contribution is -2.34. The summed E-state index contributed by atoms with van der Waals surface area (Å²) in [4.78, 5) is 36.5. The van der Waals surface area contributed by atoms with Crippen LogP contribution in [0.3, 0.4) is 0 Å². The highest BCUT2D eigenvalue weighted by molar-refractivity contribution is 6.50. The van der Waals surface area contributed by atoms with Crippen molar-refractivity contribution in [2.75, 3.05) is 13.1 Å². The fraction of sp³-hybridized carbons (Fsp3) is 0.194. The molecule has 3 aromatic heterocycles. The highest BCUT2D eigenvalue weighted by Gasteiger charge is 2.35. The first-order valence-corrected chi connectivity index (χ1v) is 13.1. The molecule has 2 aliphatic rings. The summed E-state index contributed by atoms with van der Waals surface area (Å²) in [6.07, 6.45) is 7.77. The number of rotatable bonds is 5. The van der Waals surface area contributed by atoms with Crippen molar-refractivity contribution in [1.29, 1.82) is 0 Å². The standard InChI is InChI=1S/C31H27N5O2/c37-30-28(24-17-33-26-10-3-1-8-22(24)26)29(31(38)34-30)25-19-36(27-11-4-2-9-23(25)27)21-12-15-35(16-13-21)18-20-7-5-6-14-32-20/h1-11,14,17,19,21,33H,12-13,15-16,18H2,(H,34,37,38). The second-order valence-corrected chi connectivity index (χ2v) is 10.1. The van der Waals surface area contributed by atoms with E-state index < -0.39 is 0 Å². The van der Waals surface area contributed by atoms with Crippen molar-refractivity contribution in [3.05, 3.63) is 102 Å². The van der Waals surface area contributed by atoms with Crippen LogP contribution in [0, 0.1) is 0 Å². The van der Waals surface area contributed by atoms with Crippen LogP contribution in [0.2, 0.25) is 0 Å².